The van der Waals surface area contributed by atoms with Crippen LogP contribution in [0.15, 0.2) is 96.0 Å². The Hall–Kier alpha value is -3.40. The normalized spacial score (nSPS) is 21.1. The highest BCUT2D eigenvalue weighted by Gasteiger charge is 2.54. The Morgan fingerprint density at radius 2 is 1.41 bits per heavy atom. The van der Waals surface area contributed by atoms with Crippen molar-refractivity contribution in [1.82, 2.24) is 4.90 Å². The van der Waals surface area contributed by atoms with Crippen LogP contribution in [0, 0.1) is 0 Å². The summed E-state index contributed by atoms with van der Waals surface area (Å²) in [5, 5.41) is 10.4. The van der Waals surface area contributed by atoms with Crippen molar-refractivity contribution in [1.29, 1.82) is 0 Å². The van der Waals surface area contributed by atoms with Crippen LogP contribution < -0.4 is 0 Å². The summed E-state index contributed by atoms with van der Waals surface area (Å²) in [6.07, 6.45) is 0.339. The number of rotatable bonds is 6. The lowest BCUT2D eigenvalue weighted by molar-refractivity contribution is -0.144. The molecule has 0 amide bonds. The summed E-state index contributed by atoms with van der Waals surface area (Å²) in [6.45, 7) is 2.52. The summed E-state index contributed by atoms with van der Waals surface area (Å²) >= 11 is 0. The lowest BCUT2D eigenvalue weighted by atomic mass is 9.80. The maximum atomic E-state index is 12.7. The molecule has 1 heterocycles. The summed E-state index contributed by atoms with van der Waals surface area (Å²) in [6, 6.07) is 29.4. The molecular formula is C25H24N2O2. The Labute approximate surface area is 171 Å². The Kier molecular flexibility index (Phi) is 5.17. The average molecular weight is 384 g/mol. The molecule has 2 atom stereocenters. The van der Waals surface area contributed by atoms with Gasteiger partial charge in [0.15, 0.2) is 5.54 Å². The van der Waals surface area contributed by atoms with Gasteiger partial charge in [0, 0.05) is 13.0 Å². The third-order valence-corrected chi connectivity index (χ3v) is 5.54. The number of amidine groups is 1. The zero-order valence-electron chi connectivity index (χ0n) is 16.4. The van der Waals surface area contributed by atoms with Gasteiger partial charge in [-0.05, 0) is 23.6 Å². The summed E-state index contributed by atoms with van der Waals surface area (Å²) in [5.74, 6) is -0.147. The van der Waals surface area contributed by atoms with Gasteiger partial charge in [0.05, 0.1) is 11.9 Å². The molecule has 3 aromatic rings. The van der Waals surface area contributed by atoms with E-state index >= 15 is 0 Å². The van der Waals surface area contributed by atoms with E-state index in [-0.39, 0.29) is 6.04 Å². The number of hydrogen-bond donors (Lipinski definition) is 1. The van der Waals surface area contributed by atoms with E-state index in [9.17, 15) is 9.90 Å². The molecule has 1 aliphatic heterocycles. The van der Waals surface area contributed by atoms with Crippen molar-refractivity contribution >= 4 is 11.8 Å². The standard InChI is InChI=1S/C25H24N2O2/c1-19-26-25(24(28)29,17-20-11-5-2-6-12-20)23(22-15-9-4-10-16-22)27(19)18-21-13-7-3-8-14-21/h2-16,23H,17-18H2,1H3,(H,28,29)/t23-,25-/m0/s1. The Morgan fingerprint density at radius 3 is 1.97 bits per heavy atom. The van der Waals surface area contributed by atoms with Crippen LogP contribution in [0.3, 0.4) is 0 Å². The van der Waals surface area contributed by atoms with E-state index in [1.54, 1.807) is 0 Å². The number of aliphatic imine (C=N–C) groups is 1. The van der Waals surface area contributed by atoms with Crippen LogP contribution in [0.2, 0.25) is 0 Å². The molecule has 0 aromatic heterocycles. The maximum Gasteiger partial charge on any atom is 0.334 e. The van der Waals surface area contributed by atoms with E-state index in [4.69, 9.17) is 4.99 Å². The molecule has 0 aliphatic carbocycles. The molecule has 0 bridgehead atoms. The molecule has 146 valence electrons. The number of aliphatic carboxylic acids is 1. The predicted octanol–water partition coefficient (Wildman–Crippen LogP) is 4.73. The molecule has 0 saturated heterocycles. The molecule has 4 rings (SSSR count). The largest absolute Gasteiger partial charge is 0.479 e. The Balaban J connectivity index is 1.81. The van der Waals surface area contributed by atoms with Gasteiger partial charge in [-0.15, -0.1) is 0 Å². The first-order valence-electron chi connectivity index (χ1n) is 9.79. The molecule has 0 radical (unpaired) electrons. The van der Waals surface area contributed by atoms with Gasteiger partial charge in [-0.1, -0.05) is 91.0 Å². The fourth-order valence-corrected chi connectivity index (χ4v) is 4.22. The molecule has 3 aromatic carbocycles. The Bertz CT molecular complexity index is 1000. The monoisotopic (exact) mass is 384 g/mol. The summed E-state index contributed by atoms with van der Waals surface area (Å²) in [4.78, 5) is 19.6. The first kappa shape index (κ1) is 18.9. The maximum absolute atomic E-state index is 12.7. The SMILES string of the molecule is CC1=N[C@](Cc2ccccc2)(C(=O)O)[C@H](c2ccccc2)N1Cc1ccccc1. The van der Waals surface area contributed by atoms with Crippen LogP contribution >= 0.6 is 0 Å². The van der Waals surface area contributed by atoms with Crippen LogP contribution in [-0.2, 0) is 17.8 Å². The minimum atomic E-state index is -1.28. The van der Waals surface area contributed by atoms with Crippen LogP contribution in [0.4, 0.5) is 0 Å². The van der Waals surface area contributed by atoms with Crippen molar-refractivity contribution in [2.45, 2.75) is 31.5 Å². The van der Waals surface area contributed by atoms with Gasteiger partial charge in [-0.25, -0.2) is 4.79 Å². The smallest absolute Gasteiger partial charge is 0.334 e. The van der Waals surface area contributed by atoms with Gasteiger partial charge in [0.2, 0.25) is 0 Å². The van der Waals surface area contributed by atoms with Gasteiger partial charge in [0.25, 0.3) is 0 Å². The number of carboxylic acid groups (broad SMARTS) is 1. The van der Waals surface area contributed by atoms with E-state index in [2.05, 4.69) is 17.0 Å². The summed E-state index contributed by atoms with van der Waals surface area (Å²) < 4.78 is 0. The molecule has 0 fully saturated rings. The van der Waals surface area contributed by atoms with Crippen LogP contribution in [0.25, 0.3) is 0 Å². The second-order valence-corrected chi connectivity index (χ2v) is 7.48. The van der Waals surface area contributed by atoms with Crippen molar-refractivity contribution < 1.29 is 9.90 Å². The van der Waals surface area contributed by atoms with Crippen molar-refractivity contribution in [3.8, 4) is 0 Å². The van der Waals surface area contributed by atoms with E-state index < -0.39 is 11.5 Å². The topological polar surface area (TPSA) is 52.9 Å². The van der Waals surface area contributed by atoms with Crippen LogP contribution in [0.1, 0.15) is 29.7 Å². The molecule has 4 nitrogen and oxygen atoms in total. The molecule has 0 saturated carbocycles. The number of benzene rings is 3. The predicted molar refractivity (Wildman–Crippen MR) is 115 cm³/mol. The highest BCUT2D eigenvalue weighted by atomic mass is 16.4. The van der Waals surface area contributed by atoms with E-state index in [0.717, 1.165) is 22.5 Å². The number of hydrogen-bond acceptors (Lipinski definition) is 3. The lowest BCUT2D eigenvalue weighted by Gasteiger charge is -2.35. The summed E-state index contributed by atoms with van der Waals surface area (Å²) in [7, 11) is 0. The first-order chi connectivity index (χ1) is 14.1. The Morgan fingerprint density at radius 1 is 0.897 bits per heavy atom. The highest BCUT2D eigenvalue weighted by molar-refractivity contribution is 5.92. The number of nitrogens with zero attached hydrogens (tertiary/aromatic N) is 2. The van der Waals surface area contributed by atoms with E-state index in [0.29, 0.717) is 13.0 Å². The molecule has 0 unspecified atom stereocenters. The molecule has 1 aliphatic rings. The quantitative estimate of drug-likeness (QED) is 0.669. The van der Waals surface area contributed by atoms with E-state index in [1.807, 2.05) is 85.8 Å². The molecule has 0 spiro atoms. The fraction of sp³-hybridized carbons (Fsp3) is 0.200. The van der Waals surface area contributed by atoms with Gasteiger partial charge < -0.3 is 10.0 Å². The minimum absolute atomic E-state index is 0.339. The summed E-state index contributed by atoms with van der Waals surface area (Å²) in [5.41, 5.74) is 1.78. The van der Waals surface area contributed by atoms with Crippen molar-refractivity contribution in [3.63, 3.8) is 0 Å². The molecule has 29 heavy (non-hydrogen) atoms. The fourth-order valence-electron chi connectivity index (χ4n) is 4.22. The van der Waals surface area contributed by atoms with Gasteiger partial charge in [-0.3, -0.25) is 4.99 Å². The van der Waals surface area contributed by atoms with Gasteiger partial charge >= 0.3 is 5.97 Å². The number of carbonyl (C=O) groups is 1. The van der Waals surface area contributed by atoms with Crippen molar-refractivity contribution in [2.24, 2.45) is 4.99 Å². The third-order valence-electron chi connectivity index (χ3n) is 5.54. The van der Waals surface area contributed by atoms with Gasteiger partial charge in [0.1, 0.15) is 0 Å². The minimum Gasteiger partial charge on any atom is -0.479 e. The second-order valence-electron chi connectivity index (χ2n) is 7.48. The molecule has 1 N–H and O–H groups in total. The van der Waals surface area contributed by atoms with Crippen LogP contribution in [0.5, 0.6) is 0 Å². The van der Waals surface area contributed by atoms with Crippen molar-refractivity contribution in [2.75, 3.05) is 0 Å². The lowest BCUT2D eigenvalue weighted by Crippen LogP contribution is -2.47. The van der Waals surface area contributed by atoms with Crippen molar-refractivity contribution in [3.05, 3.63) is 108 Å². The zero-order chi connectivity index (χ0) is 20.3. The molecular weight excluding hydrogens is 360 g/mol. The molecule has 4 heteroatoms. The van der Waals surface area contributed by atoms with Gasteiger partial charge in [-0.2, -0.15) is 0 Å². The first-order valence-corrected chi connectivity index (χ1v) is 9.79. The zero-order valence-corrected chi connectivity index (χ0v) is 16.4. The van der Waals surface area contributed by atoms with E-state index in [1.165, 1.54) is 0 Å². The third kappa shape index (κ3) is 3.66. The second kappa shape index (κ2) is 7.92. The highest BCUT2D eigenvalue weighted by Crippen LogP contribution is 2.43. The number of carboxylic acids is 1. The van der Waals surface area contributed by atoms with Crippen LogP contribution in [-0.4, -0.2) is 27.4 Å². The average Bonchev–Trinajstić information content (AvgIpc) is 3.02.